The van der Waals surface area contributed by atoms with Crippen LogP contribution in [0.2, 0.25) is 0 Å². The average molecular weight is 264 g/mol. The molecule has 11 heavy (non-hydrogen) atoms. The van der Waals surface area contributed by atoms with Gasteiger partial charge < -0.3 is 5.32 Å². The largest absolute Gasteiger partial charge is 0.368 e. The van der Waals surface area contributed by atoms with Gasteiger partial charge in [0.2, 0.25) is 0 Å². The topological polar surface area (TPSA) is 24.9 Å². The van der Waals surface area contributed by atoms with Crippen LogP contribution in [0, 0.1) is 5.82 Å². The van der Waals surface area contributed by atoms with Crippen molar-refractivity contribution in [3.63, 3.8) is 0 Å². The molecular formula is C7H6FIN2. The van der Waals surface area contributed by atoms with E-state index in [0.717, 1.165) is 17.9 Å². The van der Waals surface area contributed by atoms with E-state index in [1.807, 2.05) is 0 Å². The Kier molecular flexibility index (Phi) is 1.71. The molecule has 1 aromatic heterocycles. The molecule has 1 atom stereocenters. The van der Waals surface area contributed by atoms with Crippen molar-refractivity contribution in [2.75, 3.05) is 11.9 Å². The molecule has 0 bridgehead atoms. The van der Waals surface area contributed by atoms with Gasteiger partial charge in [-0.3, -0.25) is 0 Å². The van der Waals surface area contributed by atoms with Gasteiger partial charge in [-0.1, -0.05) is 22.6 Å². The van der Waals surface area contributed by atoms with Crippen LogP contribution in [0.5, 0.6) is 0 Å². The maximum absolute atomic E-state index is 12.6. The zero-order valence-corrected chi connectivity index (χ0v) is 7.80. The summed E-state index contributed by atoms with van der Waals surface area (Å²) >= 11 is 2.27. The van der Waals surface area contributed by atoms with Crippen LogP contribution < -0.4 is 5.32 Å². The maximum atomic E-state index is 12.6. The van der Waals surface area contributed by atoms with Crippen LogP contribution in [-0.2, 0) is 0 Å². The second-order valence-corrected chi connectivity index (χ2v) is 3.94. The highest BCUT2D eigenvalue weighted by Gasteiger charge is 2.20. The fourth-order valence-electron chi connectivity index (χ4n) is 1.14. The van der Waals surface area contributed by atoms with Gasteiger partial charge in [-0.25, -0.2) is 9.37 Å². The number of fused-ring (bicyclic) bond motifs is 1. The number of hydrogen-bond donors (Lipinski definition) is 1. The Bertz CT molecular complexity index is 290. The molecule has 2 heterocycles. The van der Waals surface area contributed by atoms with Crippen LogP contribution in [-0.4, -0.2) is 11.5 Å². The molecule has 4 heteroatoms. The van der Waals surface area contributed by atoms with Crippen molar-refractivity contribution in [1.82, 2.24) is 4.98 Å². The van der Waals surface area contributed by atoms with Crippen LogP contribution in [0.3, 0.4) is 0 Å². The Morgan fingerprint density at radius 2 is 2.55 bits per heavy atom. The molecule has 0 amide bonds. The van der Waals surface area contributed by atoms with Gasteiger partial charge in [0.15, 0.2) is 0 Å². The van der Waals surface area contributed by atoms with Gasteiger partial charge in [0.25, 0.3) is 0 Å². The van der Waals surface area contributed by atoms with E-state index in [2.05, 4.69) is 32.9 Å². The SMILES string of the molecule is Fc1cnc2c(c1)C(I)CN2. The third-order valence-electron chi connectivity index (χ3n) is 1.67. The lowest BCUT2D eigenvalue weighted by Crippen LogP contribution is -1.94. The molecule has 0 aromatic carbocycles. The van der Waals surface area contributed by atoms with Gasteiger partial charge in [-0.15, -0.1) is 0 Å². The first-order valence-electron chi connectivity index (χ1n) is 3.31. The predicted octanol–water partition coefficient (Wildman–Crippen LogP) is 2.12. The maximum Gasteiger partial charge on any atom is 0.141 e. The monoisotopic (exact) mass is 264 g/mol. The molecule has 1 unspecified atom stereocenters. The molecule has 2 nitrogen and oxygen atoms in total. The zero-order valence-electron chi connectivity index (χ0n) is 5.64. The fraction of sp³-hybridized carbons (Fsp3) is 0.286. The van der Waals surface area contributed by atoms with Crippen LogP contribution in [0.15, 0.2) is 12.3 Å². The van der Waals surface area contributed by atoms with Gasteiger partial charge in [0.05, 0.1) is 10.1 Å². The van der Waals surface area contributed by atoms with Crippen molar-refractivity contribution in [3.8, 4) is 0 Å². The zero-order chi connectivity index (χ0) is 7.84. The summed E-state index contributed by atoms with van der Waals surface area (Å²) in [6.45, 7) is 0.854. The summed E-state index contributed by atoms with van der Waals surface area (Å²) in [7, 11) is 0. The van der Waals surface area contributed by atoms with Crippen molar-refractivity contribution in [2.45, 2.75) is 3.92 Å². The van der Waals surface area contributed by atoms with Crippen molar-refractivity contribution in [3.05, 3.63) is 23.6 Å². The number of anilines is 1. The first-order chi connectivity index (χ1) is 5.27. The summed E-state index contributed by atoms with van der Waals surface area (Å²) in [5.41, 5.74) is 0.977. The van der Waals surface area contributed by atoms with E-state index in [9.17, 15) is 4.39 Å². The summed E-state index contributed by atoms with van der Waals surface area (Å²) in [6, 6.07) is 1.54. The number of halogens is 2. The van der Waals surface area contributed by atoms with Gasteiger partial charge in [-0.05, 0) is 6.07 Å². The summed E-state index contributed by atoms with van der Waals surface area (Å²) in [6.07, 6.45) is 1.24. The Labute approximate surface area is 77.4 Å². The van der Waals surface area contributed by atoms with E-state index in [-0.39, 0.29) is 5.82 Å². The second-order valence-electron chi connectivity index (χ2n) is 2.44. The van der Waals surface area contributed by atoms with Gasteiger partial charge in [-0.2, -0.15) is 0 Å². The summed E-state index contributed by atoms with van der Waals surface area (Å²) in [5, 5.41) is 3.09. The molecule has 0 spiro atoms. The highest BCUT2D eigenvalue weighted by atomic mass is 127. The number of alkyl halides is 1. The quantitative estimate of drug-likeness (QED) is 0.573. The van der Waals surface area contributed by atoms with E-state index < -0.39 is 0 Å². The van der Waals surface area contributed by atoms with E-state index >= 15 is 0 Å². The van der Waals surface area contributed by atoms with E-state index in [4.69, 9.17) is 0 Å². The lowest BCUT2D eigenvalue weighted by molar-refractivity contribution is 0.620. The third-order valence-corrected chi connectivity index (χ3v) is 2.78. The first-order valence-corrected chi connectivity index (χ1v) is 4.55. The van der Waals surface area contributed by atoms with Crippen LogP contribution in [0.1, 0.15) is 9.49 Å². The number of rotatable bonds is 0. The van der Waals surface area contributed by atoms with Gasteiger partial charge >= 0.3 is 0 Å². The average Bonchev–Trinajstić information content (AvgIpc) is 2.33. The highest BCUT2D eigenvalue weighted by molar-refractivity contribution is 14.1. The van der Waals surface area contributed by atoms with E-state index in [1.54, 1.807) is 6.07 Å². The molecule has 1 aliphatic rings. The number of nitrogens with one attached hydrogen (secondary N) is 1. The van der Waals surface area contributed by atoms with Crippen molar-refractivity contribution in [1.29, 1.82) is 0 Å². The smallest absolute Gasteiger partial charge is 0.141 e. The van der Waals surface area contributed by atoms with Crippen molar-refractivity contribution < 1.29 is 4.39 Å². The summed E-state index contributed by atoms with van der Waals surface area (Å²) in [5.74, 6) is 0.569. The fourth-order valence-corrected chi connectivity index (χ4v) is 1.83. The molecule has 1 N–H and O–H groups in total. The standard InChI is InChI=1S/C7H6FIN2/c8-4-1-5-6(9)3-11-7(5)10-2-4/h1-2,6H,3H2,(H,10,11). The number of nitrogens with zero attached hydrogens (tertiary/aromatic N) is 1. The summed E-state index contributed by atoms with van der Waals surface area (Å²) in [4.78, 5) is 3.92. The number of hydrogen-bond acceptors (Lipinski definition) is 2. The highest BCUT2D eigenvalue weighted by Crippen LogP contribution is 2.34. The van der Waals surface area contributed by atoms with Crippen molar-refractivity contribution >= 4 is 28.4 Å². The van der Waals surface area contributed by atoms with Crippen LogP contribution in [0.25, 0.3) is 0 Å². The molecule has 0 saturated heterocycles. The van der Waals surface area contributed by atoms with Crippen LogP contribution >= 0.6 is 22.6 Å². The van der Waals surface area contributed by atoms with Crippen LogP contribution in [0.4, 0.5) is 10.2 Å². The summed E-state index contributed by atoms with van der Waals surface area (Å²) < 4.78 is 13.0. The number of pyridine rings is 1. The third kappa shape index (κ3) is 1.19. The molecule has 0 aliphatic carbocycles. The van der Waals surface area contributed by atoms with E-state index in [1.165, 1.54) is 6.20 Å². The lowest BCUT2D eigenvalue weighted by atomic mass is 10.2. The first kappa shape index (κ1) is 7.27. The minimum Gasteiger partial charge on any atom is -0.368 e. The lowest BCUT2D eigenvalue weighted by Gasteiger charge is -1.98. The Morgan fingerprint density at radius 3 is 3.36 bits per heavy atom. The van der Waals surface area contributed by atoms with Gasteiger partial charge in [0, 0.05) is 12.1 Å². The Balaban J connectivity index is 2.52. The molecule has 58 valence electrons. The van der Waals surface area contributed by atoms with E-state index in [0.29, 0.717) is 3.92 Å². The van der Waals surface area contributed by atoms with Gasteiger partial charge in [0.1, 0.15) is 11.6 Å². The molecule has 0 radical (unpaired) electrons. The molecule has 0 fully saturated rings. The molecule has 1 aromatic rings. The molecule has 1 aliphatic heterocycles. The van der Waals surface area contributed by atoms with Crippen molar-refractivity contribution in [2.24, 2.45) is 0 Å². The molecule has 0 saturated carbocycles. The Morgan fingerprint density at radius 1 is 1.73 bits per heavy atom. The minimum absolute atomic E-state index is 0.255. The molecular weight excluding hydrogens is 258 g/mol. The second kappa shape index (κ2) is 2.58. The number of aromatic nitrogens is 1. The Hall–Kier alpha value is -0.390. The minimum atomic E-state index is -0.255. The molecule has 2 rings (SSSR count). The normalized spacial score (nSPS) is 21.1. The predicted molar refractivity (Wildman–Crippen MR) is 49.4 cm³/mol.